The van der Waals surface area contributed by atoms with E-state index in [1.807, 2.05) is 0 Å². The second-order valence-electron chi connectivity index (χ2n) is 5.11. The van der Waals surface area contributed by atoms with E-state index in [4.69, 9.17) is 15.4 Å². The van der Waals surface area contributed by atoms with Crippen LogP contribution in [0.5, 0.6) is 0 Å². The quantitative estimate of drug-likeness (QED) is 0.416. The van der Waals surface area contributed by atoms with E-state index in [0.717, 1.165) is 4.57 Å². The van der Waals surface area contributed by atoms with Gasteiger partial charge in [-0.25, -0.2) is 9.36 Å². The SMILES string of the molecule is Cc1cn([C@H]2C[C@H](N=[N+]=[N-])[C@@H](CO)O2)c(=O)n(CC(=O)O)c1=O. The number of aliphatic hydroxyl groups excluding tert-OH is 1. The number of ether oxygens (including phenoxy) is 1. The maximum absolute atomic E-state index is 12.3. The summed E-state index contributed by atoms with van der Waals surface area (Å²) in [4.78, 5) is 37.8. The van der Waals surface area contributed by atoms with Crippen LogP contribution in [-0.4, -0.2) is 44.1 Å². The average molecular weight is 325 g/mol. The van der Waals surface area contributed by atoms with E-state index in [0.29, 0.717) is 4.57 Å². The molecule has 1 aromatic rings. The minimum absolute atomic E-state index is 0.125. The van der Waals surface area contributed by atoms with Crippen LogP contribution in [-0.2, 0) is 16.1 Å². The molecule has 1 fully saturated rings. The van der Waals surface area contributed by atoms with Crippen molar-refractivity contribution >= 4 is 5.97 Å². The summed E-state index contributed by atoms with van der Waals surface area (Å²) in [6, 6.07) is -0.665. The molecule has 1 aliphatic heterocycles. The smallest absolute Gasteiger partial charge is 0.333 e. The van der Waals surface area contributed by atoms with E-state index >= 15 is 0 Å². The molecule has 0 unspecified atom stereocenters. The van der Waals surface area contributed by atoms with Crippen LogP contribution in [0.2, 0.25) is 0 Å². The van der Waals surface area contributed by atoms with Crippen molar-refractivity contribution < 1.29 is 19.7 Å². The molecule has 1 saturated heterocycles. The number of hydrogen-bond acceptors (Lipinski definition) is 6. The lowest BCUT2D eigenvalue weighted by molar-refractivity contribution is -0.137. The Bertz CT molecular complexity index is 777. The Kier molecular flexibility index (Phi) is 4.84. The minimum Gasteiger partial charge on any atom is -0.480 e. The molecule has 1 aliphatic rings. The number of azide groups is 1. The maximum atomic E-state index is 12.3. The second kappa shape index (κ2) is 6.65. The van der Waals surface area contributed by atoms with Crippen LogP contribution >= 0.6 is 0 Å². The predicted octanol–water partition coefficient (Wildman–Crippen LogP) is -0.638. The van der Waals surface area contributed by atoms with Crippen LogP contribution < -0.4 is 11.2 Å². The first-order chi connectivity index (χ1) is 10.9. The average Bonchev–Trinajstić information content (AvgIpc) is 2.90. The number of nitrogens with zero attached hydrogens (tertiary/aromatic N) is 5. The molecule has 0 spiro atoms. The maximum Gasteiger partial charge on any atom is 0.333 e. The fourth-order valence-corrected chi connectivity index (χ4v) is 2.48. The van der Waals surface area contributed by atoms with Gasteiger partial charge in [0.25, 0.3) is 5.56 Å². The van der Waals surface area contributed by atoms with E-state index in [-0.39, 0.29) is 12.0 Å². The lowest BCUT2D eigenvalue weighted by Gasteiger charge is -2.17. The van der Waals surface area contributed by atoms with Crippen molar-refractivity contribution in [3.8, 4) is 0 Å². The molecule has 2 heterocycles. The number of carbonyl (C=O) groups is 1. The summed E-state index contributed by atoms with van der Waals surface area (Å²) in [5.74, 6) is -1.33. The molecule has 0 radical (unpaired) electrons. The van der Waals surface area contributed by atoms with Crippen LogP contribution in [0.3, 0.4) is 0 Å². The highest BCUT2D eigenvalue weighted by Crippen LogP contribution is 2.29. The molecule has 2 N–H and O–H groups in total. The third kappa shape index (κ3) is 3.26. The van der Waals surface area contributed by atoms with Gasteiger partial charge in [-0.15, -0.1) is 0 Å². The number of hydrogen-bond donors (Lipinski definition) is 2. The third-order valence-corrected chi connectivity index (χ3v) is 3.55. The van der Waals surface area contributed by atoms with Crippen LogP contribution in [0, 0.1) is 6.92 Å². The van der Waals surface area contributed by atoms with Gasteiger partial charge < -0.3 is 14.9 Å². The van der Waals surface area contributed by atoms with Gasteiger partial charge >= 0.3 is 11.7 Å². The molecule has 11 nitrogen and oxygen atoms in total. The van der Waals surface area contributed by atoms with Gasteiger partial charge in [0.1, 0.15) is 12.8 Å². The van der Waals surface area contributed by atoms with Gasteiger partial charge in [-0.2, -0.15) is 0 Å². The van der Waals surface area contributed by atoms with Crippen LogP contribution in [0.4, 0.5) is 0 Å². The summed E-state index contributed by atoms with van der Waals surface area (Å²) < 4.78 is 7.15. The molecule has 2 rings (SSSR count). The van der Waals surface area contributed by atoms with Crippen molar-refractivity contribution in [2.75, 3.05) is 6.61 Å². The monoisotopic (exact) mass is 325 g/mol. The van der Waals surface area contributed by atoms with Crippen LogP contribution in [0.15, 0.2) is 20.9 Å². The molecule has 0 amide bonds. The lowest BCUT2D eigenvalue weighted by Crippen LogP contribution is -2.43. The van der Waals surface area contributed by atoms with E-state index in [9.17, 15) is 19.5 Å². The summed E-state index contributed by atoms with van der Waals surface area (Å²) >= 11 is 0. The summed E-state index contributed by atoms with van der Waals surface area (Å²) in [5, 5.41) is 21.6. The second-order valence-corrected chi connectivity index (χ2v) is 5.11. The Morgan fingerprint density at radius 3 is 2.83 bits per heavy atom. The Hall–Kier alpha value is -2.62. The zero-order valence-electron chi connectivity index (χ0n) is 12.2. The Balaban J connectivity index is 2.47. The Labute approximate surface area is 129 Å². The van der Waals surface area contributed by atoms with Crippen molar-refractivity contribution in [2.24, 2.45) is 5.11 Å². The van der Waals surface area contributed by atoms with Gasteiger partial charge in [-0.05, 0) is 12.5 Å². The molecule has 0 bridgehead atoms. The van der Waals surface area contributed by atoms with Crippen molar-refractivity contribution in [2.45, 2.75) is 38.3 Å². The van der Waals surface area contributed by atoms with Crippen molar-refractivity contribution in [1.82, 2.24) is 9.13 Å². The molecule has 1 aromatic heterocycles. The standard InChI is InChI=1S/C12H15N5O6/c1-6-3-16(12(22)17(11(6)21)4-10(19)20)9-2-7(14-15-13)8(5-18)23-9/h3,7-9,18H,2,4-5H2,1H3,(H,19,20)/t7-,8+,9+/m0/s1. The largest absolute Gasteiger partial charge is 0.480 e. The molecule has 23 heavy (non-hydrogen) atoms. The summed E-state index contributed by atoms with van der Waals surface area (Å²) in [7, 11) is 0. The highest BCUT2D eigenvalue weighted by atomic mass is 16.5. The Morgan fingerprint density at radius 2 is 2.26 bits per heavy atom. The minimum atomic E-state index is -1.33. The number of aliphatic hydroxyl groups is 1. The van der Waals surface area contributed by atoms with Gasteiger partial charge in [0.15, 0.2) is 0 Å². The van der Waals surface area contributed by atoms with Gasteiger partial charge in [-0.1, -0.05) is 5.11 Å². The lowest BCUT2D eigenvalue weighted by atomic mass is 10.1. The van der Waals surface area contributed by atoms with Gasteiger partial charge in [0, 0.05) is 23.1 Å². The van der Waals surface area contributed by atoms with E-state index in [1.165, 1.54) is 13.1 Å². The first-order valence-corrected chi connectivity index (χ1v) is 6.74. The zero-order chi connectivity index (χ0) is 17.1. The molecule has 0 aromatic carbocycles. The first kappa shape index (κ1) is 16.7. The van der Waals surface area contributed by atoms with Crippen molar-refractivity contribution in [3.63, 3.8) is 0 Å². The number of carboxylic acid groups (broad SMARTS) is 1. The van der Waals surface area contributed by atoms with Gasteiger partial charge in [-0.3, -0.25) is 14.2 Å². The fourth-order valence-electron chi connectivity index (χ4n) is 2.48. The van der Waals surface area contributed by atoms with E-state index in [2.05, 4.69) is 10.0 Å². The Morgan fingerprint density at radius 1 is 1.57 bits per heavy atom. The summed E-state index contributed by atoms with van der Waals surface area (Å²) in [6.07, 6.45) is -0.252. The fraction of sp³-hybridized carbons (Fsp3) is 0.583. The molecule has 124 valence electrons. The van der Waals surface area contributed by atoms with E-state index in [1.54, 1.807) is 0 Å². The molecular formula is C12H15N5O6. The number of aliphatic carboxylic acids is 1. The van der Waals surface area contributed by atoms with Crippen LogP contribution in [0.25, 0.3) is 10.4 Å². The highest BCUT2D eigenvalue weighted by Gasteiger charge is 2.36. The van der Waals surface area contributed by atoms with Gasteiger partial charge in [0.05, 0.1) is 18.8 Å². The zero-order valence-corrected chi connectivity index (χ0v) is 12.2. The molecular weight excluding hydrogens is 310 g/mol. The normalized spacial score (nSPS) is 23.5. The predicted molar refractivity (Wildman–Crippen MR) is 75.9 cm³/mol. The number of carboxylic acids is 1. The topological polar surface area (TPSA) is 160 Å². The van der Waals surface area contributed by atoms with Gasteiger partial charge in [0.2, 0.25) is 0 Å². The van der Waals surface area contributed by atoms with Crippen molar-refractivity contribution in [1.29, 1.82) is 0 Å². The summed E-state index contributed by atoms with van der Waals surface area (Å²) in [6.45, 7) is 0.276. The molecule has 3 atom stereocenters. The molecule has 11 heteroatoms. The van der Waals surface area contributed by atoms with Crippen molar-refractivity contribution in [3.05, 3.63) is 43.0 Å². The third-order valence-electron chi connectivity index (χ3n) is 3.55. The number of rotatable bonds is 5. The summed E-state index contributed by atoms with van der Waals surface area (Å²) in [5.41, 5.74) is 7.15. The number of aromatic nitrogens is 2. The highest BCUT2D eigenvalue weighted by molar-refractivity contribution is 5.66. The molecule has 0 aliphatic carbocycles. The van der Waals surface area contributed by atoms with E-state index < -0.39 is 48.7 Å². The molecule has 0 saturated carbocycles. The van der Waals surface area contributed by atoms with Crippen LogP contribution in [0.1, 0.15) is 18.2 Å². The number of aryl methyl sites for hydroxylation is 1. The first-order valence-electron chi connectivity index (χ1n) is 6.74.